The van der Waals surface area contributed by atoms with Gasteiger partial charge in [0.05, 0.1) is 11.5 Å². The first-order chi connectivity index (χ1) is 9.12. The third-order valence-corrected chi connectivity index (χ3v) is 6.39. The highest BCUT2D eigenvalue weighted by molar-refractivity contribution is 7.90. The molecule has 19 heavy (non-hydrogen) atoms. The van der Waals surface area contributed by atoms with E-state index in [1.165, 1.54) is 11.3 Å². The van der Waals surface area contributed by atoms with Gasteiger partial charge in [-0.3, -0.25) is 0 Å². The summed E-state index contributed by atoms with van der Waals surface area (Å²) in [5.41, 5.74) is 0. The summed E-state index contributed by atoms with van der Waals surface area (Å²) in [7, 11) is -3.55. The normalized spacial score (nSPS) is 16.7. The van der Waals surface area contributed by atoms with Crippen molar-refractivity contribution < 1.29 is 13.5 Å². The first kappa shape index (κ1) is 13.1. The van der Waals surface area contributed by atoms with Crippen LogP contribution >= 0.6 is 11.3 Å². The van der Waals surface area contributed by atoms with Crippen LogP contribution in [0.2, 0.25) is 0 Å². The van der Waals surface area contributed by atoms with E-state index in [2.05, 4.69) is 4.72 Å². The highest BCUT2D eigenvalue weighted by atomic mass is 32.2. The molecular formula is C13H15NO3S2. The number of benzene rings is 1. The summed E-state index contributed by atoms with van der Waals surface area (Å²) in [5, 5.41) is 10.1. The second kappa shape index (κ2) is 4.86. The summed E-state index contributed by atoms with van der Waals surface area (Å²) in [4.78, 5) is 0.760. The van der Waals surface area contributed by atoms with Gasteiger partial charge in [-0.15, -0.1) is 11.3 Å². The van der Waals surface area contributed by atoms with Crippen LogP contribution in [0, 0.1) is 0 Å². The molecule has 2 aromatic rings. The van der Waals surface area contributed by atoms with Gasteiger partial charge in [0, 0.05) is 16.1 Å². The lowest BCUT2D eigenvalue weighted by atomic mass is 9.94. The summed E-state index contributed by atoms with van der Waals surface area (Å²) in [6, 6.07) is 7.41. The Balaban J connectivity index is 2.11. The third kappa shape index (κ3) is 2.29. The Hall–Kier alpha value is -0.950. The van der Waals surface area contributed by atoms with Gasteiger partial charge in [0.2, 0.25) is 10.0 Å². The summed E-state index contributed by atoms with van der Waals surface area (Å²) < 4.78 is 28.6. The molecule has 0 bridgehead atoms. The van der Waals surface area contributed by atoms with Crippen LogP contribution in [0.15, 0.2) is 29.2 Å². The molecule has 0 spiro atoms. The topological polar surface area (TPSA) is 66.4 Å². The van der Waals surface area contributed by atoms with Crippen LogP contribution < -0.4 is 4.72 Å². The molecular weight excluding hydrogens is 282 g/mol. The van der Waals surface area contributed by atoms with E-state index in [0.717, 1.165) is 24.0 Å². The zero-order valence-electron chi connectivity index (χ0n) is 10.3. The van der Waals surface area contributed by atoms with Crippen LogP contribution in [0.4, 0.5) is 0 Å². The molecule has 0 aliphatic heterocycles. The van der Waals surface area contributed by atoms with Crippen molar-refractivity contribution >= 4 is 31.4 Å². The Labute approximate surface area is 116 Å². The van der Waals surface area contributed by atoms with Gasteiger partial charge < -0.3 is 5.11 Å². The molecule has 1 saturated carbocycles. The van der Waals surface area contributed by atoms with Crippen molar-refractivity contribution in [2.45, 2.75) is 36.8 Å². The number of nitrogens with one attached hydrogen (secondary N) is 1. The molecule has 102 valence electrons. The fourth-order valence-corrected chi connectivity index (χ4v) is 5.38. The zero-order chi connectivity index (χ0) is 13.5. The van der Waals surface area contributed by atoms with Gasteiger partial charge in [-0.1, -0.05) is 24.6 Å². The molecule has 0 radical (unpaired) electrons. The van der Waals surface area contributed by atoms with Crippen LogP contribution in [0.3, 0.4) is 0 Å². The van der Waals surface area contributed by atoms with Gasteiger partial charge in [-0.05, 0) is 18.9 Å². The molecule has 0 atom stereocenters. The van der Waals surface area contributed by atoms with Crippen molar-refractivity contribution in [1.82, 2.24) is 4.72 Å². The minimum atomic E-state index is -3.55. The van der Waals surface area contributed by atoms with Crippen LogP contribution in [0.5, 0.6) is 0 Å². The largest absolute Gasteiger partial charge is 0.391 e. The van der Waals surface area contributed by atoms with E-state index < -0.39 is 10.0 Å². The molecule has 1 aliphatic carbocycles. The molecule has 1 heterocycles. The second-order valence-corrected chi connectivity index (χ2v) is 7.55. The predicted molar refractivity (Wildman–Crippen MR) is 75.7 cm³/mol. The molecule has 4 nitrogen and oxygen atoms in total. The van der Waals surface area contributed by atoms with Gasteiger partial charge in [0.1, 0.15) is 4.90 Å². The number of aliphatic hydroxyl groups is 1. The Morgan fingerprint density at radius 1 is 1.32 bits per heavy atom. The van der Waals surface area contributed by atoms with Crippen molar-refractivity contribution in [3.05, 3.63) is 29.1 Å². The fourth-order valence-electron chi connectivity index (χ4n) is 2.28. The zero-order valence-corrected chi connectivity index (χ0v) is 11.9. The van der Waals surface area contributed by atoms with Gasteiger partial charge in [0.25, 0.3) is 0 Å². The number of aliphatic hydroxyl groups excluding tert-OH is 1. The van der Waals surface area contributed by atoms with E-state index in [1.807, 2.05) is 18.2 Å². The number of sulfonamides is 1. The van der Waals surface area contributed by atoms with Gasteiger partial charge in [-0.25, -0.2) is 13.1 Å². The fraction of sp³-hybridized carbons (Fsp3) is 0.385. The lowest BCUT2D eigenvalue weighted by Crippen LogP contribution is -2.39. The maximum atomic E-state index is 12.5. The van der Waals surface area contributed by atoms with E-state index in [0.29, 0.717) is 10.3 Å². The van der Waals surface area contributed by atoms with Crippen LogP contribution in [0.25, 0.3) is 10.1 Å². The first-order valence-corrected chi connectivity index (χ1v) is 8.55. The van der Waals surface area contributed by atoms with Crippen molar-refractivity contribution in [3.63, 3.8) is 0 Å². The highest BCUT2D eigenvalue weighted by Gasteiger charge is 2.29. The van der Waals surface area contributed by atoms with Crippen molar-refractivity contribution in [2.75, 3.05) is 0 Å². The summed E-state index contributed by atoms with van der Waals surface area (Å²) in [6.07, 6.45) is 2.87. The van der Waals surface area contributed by atoms with Gasteiger partial charge in [-0.2, -0.15) is 0 Å². The highest BCUT2D eigenvalue weighted by Crippen LogP contribution is 2.35. The molecule has 0 unspecified atom stereocenters. The Morgan fingerprint density at radius 2 is 2.05 bits per heavy atom. The molecule has 1 aromatic heterocycles. The van der Waals surface area contributed by atoms with Crippen molar-refractivity contribution in [3.8, 4) is 0 Å². The number of rotatable bonds is 4. The van der Waals surface area contributed by atoms with Gasteiger partial charge in [0.15, 0.2) is 0 Å². The van der Waals surface area contributed by atoms with E-state index in [1.54, 1.807) is 6.07 Å². The summed E-state index contributed by atoms with van der Waals surface area (Å²) in [5.74, 6) is 0. The third-order valence-electron chi connectivity index (χ3n) is 3.46. The summed E-state index contributed by atoms with van der Waals surface area (Å²) >= 11 is 1.33. The molecule has 0 amide bonds. The van der Waals surface area contributed by atoms with Crippen molar-refractivity contribution in [1.29, 1.82) is 0 Å². The lowest BCUT2D eigenvalue weighted by molar-refractivity contribution is 0.282. The number of hydrogen-bond donors (Lipinski definition) is 2. The average molecular weight is 297 g/mol. The number of hydrogen-bond acceptors (Lipinski definition) is 4. The quantitative estimate of drug-likeness (QED) is 0.909. The standard InChI is InChI=1S/C13H15NO3S2/c15-8-12-13(10-6-1-2-7-11(10)18-12)19(16,17)14-9-4-3-5-9/h1-2,6-7,9,14-15H,3-5,8H2. The van der Waals surface area contributed by atoms with Gasteiger partial charge >= 0.3 is 0 Å². The number of thiophene rings is 1. The second-order valence-electron chi connectivity index (χ2n) is 4.76. The van der Waals surface area contributed by atoms with E-state index in [4.69, 9.17) is 0 Å². The Morgan fingerprint density at radius 3 is 2.68 bits per heavy atom. The van der Waals surface area contributed by atoms with Crippen LogP contribution in [0.1, 0.15) is 24.1 Å². The molecule has 3 rings (SSSR count). The van der Waals surface area contributed by atoms with Crippen LogP contribution in [-0.2, 0) is 16.6 Å². The maximum Gasteiger partial charge on any atom is 0.242 e. The molecule has 1 aliphatic rings. The minimum Gasteiger partial charge on any atom is -0.391 e. The average Bonchev–Trinajstić information content (AvgIpc) is 2.73. The lowest BCUT2D eigenvalue weighted by Gasteiger charge is -2.26. The molecule has 2 N–H and O–H groups in total. The molecule has 1 fully saturated rings. The summed E-state index contributed by atoms with van der Waals surface area (Å²) in [6.45, 7) is -0.250. The smallest absolute Gasteiger partial charge is 0.242 e. The Bertz CT molecular complexity index is 702. The molecule has 1 aromatic carbocycles. The minimum absolute atomic E-state index is 0.0511. The molecule has 6 heteroatoms. The monoisotopic (exact) mass is 297 g/mol. The van der Waals surface area contributed by atoms with Crippen LogP contribution in [-0.4, -0.2) is 19.6 Å². The van der Waals surface area contributed by atoms with E-state index >= 15 is 0 Å². The molecule has 0 saturated heterocycles. The Kier molecular flexibility index (Phi) is 3.34. The van der Waals surface area contributed by atoms with Crippen molar-refractivity contribution in [2.24, 2.45) is 0 Å². The maximum absolute atomic E-state index is 12.5. The number of fused-ring (bicyclic) bond motifs is 1. The van der Waals surface area contributed by atoms with E-state index in [-0.39, 0.29) is 17.5 Å². The predicted octanol–water partition coefficient (Wildman–Crippen LogP) is 2.22. The van der Waals surface area contributed by atoms with E-state index in [9.17, 15) is 13.5 Å². The first-order valence-electron chi connectivity index (χ1n) is 6.25. The SMILES string of the molecule is O=S(=O)(NC1CCC1)c1c(CO)sc2ccccc12.